The Morgan fingerprint density at radius 2 is 1.77 bits per heavy atom. The summed E-state index contributed by atoms with van der Waals surface area (Å²) in [5.41, 5.74) is 5.02. The molecule has 0 radical (unpaired) electrons. The number of fused-ring (bicyclic) bond motifs is 3. The van der Waals surface area contributed by atoms with Gasteiger partial charge in [0.1, 0.15) is 6.17 Å². The van der Waals surface area contributed by atoms with E-state index in [0.717, 1.165) is 39.8 Å². The van der Waals surface area contributed by atoms with Gasteiger partial charge in [-0.3, -0.25) is 0 Å². The van der Waals surface area contributed by atoms with Crippen LogP contribution in [0, 0.1) is 20.8 Å². The Morgan fingerprint density at radius 1 is 1.04 bits per heavy atom. The highest BCUT2D eigenvalue weighted by atomic mass is 19.4. The van der Waals surface area contributed by atoms with Crippen molar-refractivity contribution in [3.8, 4) is 11.3 Å². The second kappa shape index (κ2) is 5.62. The summed E-state index contributed by atoms with van der Waals surface area (Å²) in [6.07, 6.45) is -5.14. The lowest BCUT2D eigenvalue weighted by Crippen LogP contribution is -2.28. The summed E-state index contributed by atoms with van der Waals surface area (Å²) in [5, 5.41) is 7.77. The fraction of sp³-hybridized carbons (Fsp3) is 0.250. The number of alkyl halides is 3. The number of hydrogen-bond donors (Lipinski definition) is 1. The van der Waals surface area contributed by atoms with E-state index < -0.39 is 17.9 Å². The predicted octanol–water partition coefficient (Wildman–Crippen LogP) is 5.47. The van der Waals surface area contributed by atoms with Crippen LogP contribution in [-0.2, 0) is 6.18 Å². The molecular weight excluding hydrogens is 339 g/mol. The molecule has 1 aliphatic heterocycles. The molecule has 26 heavy (non-hydrogen) atoms. The van der Waals surface area contributed by atoms with E-state index in [2.05, 4.69) is 10.4 Å². The van der Waals surface area contributed by atoms with Crippen LogP contribution in [0.25, 0.3) is 11.3 Å². The quantitative estimate of drug-likeness (QED) is 0.626. The summed E-state index contributed by atoms with van der Waals surface area (Å²) >= 11 is 0. The molecule has 0 spiro atoms. The molecule has 1 aromatic heterocycles. The van der Waals surface area contributed by atoms with E-state index in [1.54, 1.807) is 10.7 Å². The molecule has 6 heteroatoms. The van der Waals surface area contributed by atoms with Crippen molar-refractivity contribution in [2.24, 2.45) is 0 Å². The molecule has 134 valence electrons. The highest BCUT2D eigenvalue weighted by Crippen LogP contribution is 2.43. The fourth-order valence-corrected chi connectivity index (χ4v) is 3.68. The van der Waals surface area contributed by atoms with Crippen LogP contribution in [0.4, 0.5) is 18.9 Å². The van der Waals surface area contributed by atoms with Gasteiger partial charge in [-0.1, -0.05) is 29.8 Å². The van der Waals surface area contributed by atoms with Gasteiger partial charge in [0, 0.05) is 16.8 Å². The van der Waals surface area contributed by atoms with Gasteiger partial charge in [0.25, 0.3) is 0 Å². The number of nitrogens with one attached hydrogen (secondary N) is 1. The van der Waals surface area contributed by atoms with E-state index in [-0.39, 0.29) is 5.56 Å². The number of nitrogens with zero attached hydrogens (tertiary/aromatic N) is 2. The molecule has 2 heterocycles. The van der Waals surface area contributed by atoms with Crippen LogP contribution < -0.4 is 5.32 Å². The maximum atomic E-state index is 13.6. The van der Waals surface area contributed by atoms with Crippen LogP contribution in [0.2, 0.25) is 0 Å². The minimum absolute atomic E-state index is 0.162. The van der Waals surface area contributed by atoms with Crippen molar-refractivity contribution in [1.29, 1.82) is 0 Å². The zero-order valence-electron chi connectivity index (χ0n) is 14.6. The van der Waals surface area contributed by atoms with Crippen LogP contribution in [0.3, 0.4) is 0 Å². The summed E-state index contributed by atoms with van der Waals surface area (Å²) in [7, 11) is 0. The zero-order chi connectivity index (χ0) is 18.6. The Morgan fingerprint density at radius 3 is 2.50 bits per heavy atom. The molecule has 4 rings (SSSR count). The van der Waals surface area contributed by atoms with Crippen molar-refractivity contribution in [2.45, 2.75) is 33.1 Å². The molecule has 0 fully saturated rings. The molecule has 1 aliphatic rings. The van der Waals surface area contributed by atoms with E-state index >= 15 is 0 Å². The summed E-state index contributed by atoms with van der Waals surface area (Å²) in [6, 6.07) is 11.6. The Labute approximate surface area is 149 Å². The van der Waals surface area contributed by atoms with E-state index in [0.29, 0.717) is 0 Å². The Balaban J connectivity index is 1.96. The van der Waals surface area contributed by atoms with Crippen LogP contribution in [0.1, 0.15) is 34.1 Å². The molecular formula is C20H18F3N3. The molecule has 1 N–H and O–H groups in total. The number of aromatic nitrogens is 2. The maximum Gasteiger partial charge on any atom is 0.416 e. The number of hydrogen-bond acceptors (Lipinski definition) is 2. The van der Waals surface area contributed by atoms with Gasteiger partial charge in [0.15, 0.2) is 0 Å². The second-order valence-corrected chi connectivity index (χ2v) is 6.75. The van der Waals surface area contributed by atoms with Crippen LogP contribution in [0.5, 0.6) is 0 Å². The molecule has 3 aromatic rings. The first-order valence-corrected chi connectivity index (χ1v) is 8.36. The van der Waals surface area contributed by atoms with Crippen molar-refractivity contribution in [3.63, 3.8) is 0 Å². The average Bonchev–Trinajstić information content (AvgIpc) is 2.95. The normalized spacial score (nSPS) is 16.0. The molecule has 0 bridgehead atoms. The highest BCUT2D eigenvalue weighted by Gasteiger charge is 2.37. The first kappa shape index (κ1) is 16.7. The number of aryl methyl sites for hydroxylation is 3. The van der Waals surface area contributed by atoms with Crippen LogP contribution in [-0.4, -0.2) is 9.78 Å². The molecule has 2 aromatic carbocycles. The average molecular weight is 357 g/mol. The number of anilines is 1. The molecule has 1 atom stereocenters. The predicted molar refractivity (Wildman–Crippen MR) is 95.1 cm³/mol. The third-order valence-corrected chi connectivity index (χ3v) is 4.70. The van der Waals surface area contributed by atoms with Gasteiger partial charge in [-0.25, -0.2) is 4.68 Å². The van der Waals surface area contributed by atoms with E-state index in [9.17, 15) is 13.2 Å². The molecule has 3 nitrogen and oxygen atoms in total. The van der Waals surface area contributed by atoms with Gasteiger partial charge < -0.3 is 5.32 Å². The second-order valence-electron chi connectivity index (χ2n) is 6.75. The summed E-state index contributed by atoms with van der Waals surface area (Å²) in [6.45, 7) is 5.82. The lowest BCUT2D eigenvalue weighted by atomic mass is 9.96. The van der Waals surface area contributed by atoms with E-state index in [4.69, 9.17) is 0 Å². The Hall–Kier alpha value is -2.76. The number of rotatable bonds is 1. The van der Waals surface area contributed by atoms with Gasteiger partial charge in [-0.05, 0) is 44.5 Å². The number of benzene rings is 2. The zero-order valence-corrected chi connectivity index (χ0v) is 14.6. The Kier molecular flexibility index (Phi) is 3.61. The third-order valence-electron chi connectivity index (χ3n) is 4.70. The maximum absolute atomic E-state index is 13.6. The third kappa shape index (κ3) is 2.57. The SMILES string of the molecule is Cc1cc(C)c2c(c1)-c1cc(C)nn1[C@H](c1ccccc1C(F)(F)F)N2. The summed E-state index contributed by atoms with van der Waals surface area (Å²) < 4.78 is 42.3. The van der Waals surface area contributed by atoms with E-state index in [1.807, 2.05) is 39.0 Å². The minimum Gasteiger partial charge on any atom is -0.359 e. The van der Waals surface area contributed by atoms with E-state index in [1.165, 1.54) is 12.1 Å². The van der Waals surface area contributed by atoms with Crippen LogP contribution >= 0.6 is 0 Å². The smallest absolute Gasteiger partial charge is 0.359 e. The first-order chi connectivity index (χ1) is 12.3. The standard InChI is InChI=1S/C20H18F3N3/c1-11-8-12(2)18-15(9-11)17-10-13(3)25-26(17)19(24-18)14-6-4-5-7-16(14)20(21,22)23/h4-10,19,24H,1-3H3/t19-/m1/s1. The molecule has 0 saturated carbocycles. The molecule has 0 unspecified atom stereocenters. The highest BCUT2D eigenvalue weighted by molar-refractivity contribution is 5.82. The largest absolute Gasteiger partial charge is 0.416 e. The van der Waals surface area contributed by atoms with Gasteiger partial charge in [0.05, 0.1) is 17.0 Å². The molecule has 0 aliphatic carbocycles. The minimum atomic E-state index is -4.43. The van der Waals surface area contributed by atoms with Crippen molar-refractivity contribution in [2.75, 3.05) is 5.32 Å². The Bertz CT molecular complexity index is 1000. The lowest BCUT2D eigenvalue weighted by molar-refractivity contribution is -0.138. The van der Waals surface area contributed by atoms with Gasteiger partial charge in [0.2, 0.25) is 0 Å². The summed E-state index contributed by atoms with van der Waals surface area (Å²) in [4.78, 5) is 0. The van der Waals surface area contributed by atoms with Crippen molar-refractivity contribution in [3.05, 3.63) is 70.4 Å². The number of halogens is 3. The van der Waals surface area contributed by atoms with Gasteiger partial charge in [-0.2, -0.15) is 18.3 Å². The molecule has 0 saturated heterocycles. The molecule has 0 amide bonds. The monoisotopic (exact) mass is 357 g/mol. The van der Waals surface area contributed by atoms with Crippen LogP contribution in [0.15, 0.2) is 42.5 Å². The van der Waals surface area contributed by atoms with Crippen molar-refractivity contribution >= 4 is 5.69 Å². The van der Waals surface area contributed by atoms with Crippen molar-refractivity contribution in [1.82, 2.24) is 9.78 Å². The fourth-order valence-electron chi connectivity index (χ4n) is 3.68. The van der Waals surface area contributed by atoms with Crippen molar-refractivity contribution < 1.29 is 13.2 Å². The topological polar surface area (TPSA) is 29.9 Å². The van der Waals surface area contributed by atoms with Gasteiger partial charge in [-0.15, -0.1) is 0 Å². The van der Waals surface area contributed by atoms with Gasteiger partial charge >= 0.3 is 6.18 Å². The lowest BCUT2D eigenvalue weighted by Gasteiger charge is -2.32. The summed E-state index contributed by atoms with van der Waals surface area (Å²) in [5.74, 6) is 0. The first-order valence-electron chi connectivity index (χ1n) is 8.36.